The van der Waals surface area contributed by atoms with Crippen molar-refractivity contribution in [2.45, 2.75) is 24.8 Å². The van der Waals surface area contributed by atoms with Crippen molar-refractivity contribution in [2.24, 2.45) is 5.92 Å². The lowest BCUT2D eigenvalue weighted by atomic mass is 10.1. The molecule has 3 rings (SSSR count). The van der Waals surface area contributed by atoms with E-state index in [1.54, 1.807) is 18.0 Å². The molecule has 0 saturated heterocycles. The monoisotopic (exact) mass is 395 g/mol. The first-order chi connectivity index (χ1) is 13.6. The Labute approximate surface area is 169 Å². The summed E-state index contributed by atoms with van der Waals surface area (Å²) in [7, 11) is 0. The number of benzene rings is 1. The molecular weight excluding hydrogens is 370 g/mol. The zero-order valence-corrected chi connectivity index (χ0v) is 17.1. The summed E-state index contributed by atoms with van der Waals surface area (Å²) in [5.41, 5.74) is 2.42. The normalized spacial score (nSPS) is 12.0. The summed E-state index contributed by atoms with van der Waals surface area (Å²) < 4.78 is 0. The van der Waals surface area contributed by atoms with Crippen LogP contribution in [0.2, 0.25) is 0 Å². The minimum atomic E-state index is -0.133. The van der Waals surface area contributed by atoms with Crippen LogP contribution in [0.4, 0.5) is 17.5 Å². The Bertz CT molecular complexity index is 904. The Morgan fingerprint density at radius 3 is 2.57 bits per heavy atom. The van der Waals surface area contributed by atoms with Crippen LogP contribution < -0.4 is 10.6 Å². The van der Waals surface area contributed by atoms with Gasteiger partial charge in [-0.15, -0.1) is 11.8 Å². The van der Waals surface area contributed by atoms with Gasteiger partial charge in [-0.1, -0.05) is 26.0 Å². The number of hydrogen-bond acceptors (Lipinski definition) is 7. The molecule has 0 saturated carbocycles. The summed E-state index contributed by atoms with van der Waals surface area (Å²) in [6.45, 7) is 4.10. The Balaban J connectivity index is 1.96. The highest BCUT2D eigenvalue weighted by Crippen LogP contribution is 2.25. The Morgan fingerprint density at radius 1 is 1.04 bits per heavy atom. The van der Waals surface area contributed by atoms with Crippen molar-refractivity contribution in [1.29, 1.82) is 0 Å². The first kappa shape index (κ1) is 20.1. The second-order valence-corrected chi connectivity index (χ2v) is 7.59. The summed E-state index contributed by atoms with van der Waals surface area (Å²) in [6.07, 6.45) is 3.79. The van der Waals surface area contributed by atoms with Crippen molar-refractivity contribution < 1.29 is 5.11 Å². The molecule has 0 aliphatic carbocycles. The fraction of sp³-hybridized carbons (Fsp3) is 0.286. The molecule has 28 heavy (non-hydrogen) atoms. The third-order valence-corrected chi connectivity index (χ3v) is 5.04. The molecule has 0 unspecified atom stereocenters. The van der Waals surface area contributed by atoms with Gasteiger partial charge in [0.25, 0.3) is 0 Å². The van der Waals surface area contributed by atoms with Crippen molar-refractivity contribution in [2.75, 3.05) is 23.5 Å². The molecule has 0 bridgehead atoms. The van der Waals surface area contributed by atoms with Gasteiger partial charge < -0.3 is 15.7 Å². The van der Waals surface area contributed by atoms with Crippen molar-refractivity contribution in [1.82, 2.24) is 15.0 Å². The third kappa shape index (κ3) is 5.21. The number of hydrogen-bond donors (Lipinski definition) is 3. The maximum atomic E-state index is 9.66. The van der Waals surface area contributed by atoms with Crippen LogP contribution >= 0.6 is 11.8 Å². The second-order valence-electron chi connectivity index (χ2n) is 6.71. The molecule has 2 heterocycles. The van der Waals surface area contributed by atoms with Gasteiger partial charge in [-0.05, 0) is 42.5 Å². The molecule has 1 atom stereocenters. The number of aliphatic hydroxyl groups is 1. The van der Waals surface area contributed by atoms with E-state index >= 15 is 0 Å². The number of aliphatic hydroxyl groups excluding tert-OH is 1. The molecule has 1 aromatic carbocycles. The van der Waals surface area contributed by atoms with Crippen molar-refractivity contribution in [3.63, 3.8) is 0 Å². The van der Waals surface area contributed by atoms with E-state index in [4.69, 9.17) is 0 Å². The molecule has 0 amide bonds. The van der Waals surface area contributed by atoms with Crippen LogP contribution in [0, 0.1) is 5.92 Å². The lowest BCUT2D eigenvalue weighted by Gasteiger charge is -2.20. The number of nitrogens with zero attached hydrogens (tertiary/aromatic N) is 3. The Morgan fingerprint density at radius 2 is 1.89 bits per heavy atom. The van der Waals surface area contributed by atoms with E-state index < -0.39 is 0 Å². The number of nitrogens with one attached hydrogen (secondary N) is 2. The average molecular weight is 396 g/mol. The van der Waals surface area contributed by atoms with E-state index in [1.807, 2.05) is 56.5 Å². The molecule has 0 radical (unpaired) electrons. The molecule has 2 aromatic heterocycles. The number of thioether (sulfide) groups is 1. The highest BCUT2D eigenvalue weighted by Gasteiger charge is 2.15. The lowest BCUT2D eigenvalue weighted by molar-refractivity contribution is 0.248. The standard InChI is InChI=1S/C21H25N5OS/c1-14(2)19(13-27)25-21-24-18(17-9-4-5-10-22-17)12-20(26-21)23-15-7-6-8-16(11-15)28-3/h4-12,14,19,27H,13H2,1-3H3,(H2,23,24,25,26)/t19-/m0/s1. The molecule has 6 nitrogen and oxygen atoms in total. The van der Waals surface area contributed by atoms with Crippen LogP contribution in [-0.2, 0) is 0 Å². The lowest BCUT2D eigenvalue weighted by Crippen LogP contribution is -2.30. The molecule has 3 aromatic rings. The van der Waals surface area contributed by atoms with Crippen LogP contribution in [0.25, 0.3) is 11.4 Å². The molecule has 146 valence electrons. The van der Waals surface area contributed by atoms with Gasteiger partial charge in [-0.25, -0.2) is 4.98 Å². The van der Waals surface area contributed by atoms with E-state index in [1.165, 1.54) is 4.90 Å². The maximum absolute atomic E-state index is 9.66. The van der Waals surface area contributed by atoms with Gasteiger partial charge in [0.15, 0.2) is 0 Å². The van der Waals surface area contributed by atoms with Crippen LogP contribution in [0.15, 0.2) is 59.6 Å². The molecule has 0 fully saturated rings. The van der Waals surface area contributed by atoms with E-state index in [0.29, 0.717) is 17.5 Å². The molecule has 3 N–H and O–H groups in total. The zero-order chi connectivity index (χ0) is 19.9. The van der Waals surface area contributed by atoms with Crippen LogP contribution in [0.5, 0.6) is 0 Å². The van der Waals surface area contributed by atoms with Crippen LogP contribution in [-0.4, -0.2) is 39.0 Å². The maximum Gasteiger partial charge on any atom is 0.225 e. The summed E-state index contributed by atoms with van der Waals surface area (Å²) in [5.74, 6) is 1.36. The molecule has 0 aliphatic rings. The van der Waals surface area contributed by atoms with Crippen LogP contribution in [0.1, 0.15) is 13.8 Å². The first-order valence-corrected chi connectivity index (χ1v) is 10.4. The van der Waals surface area contributed by atoms with Gasteiger partial charge in [0, 0.05) is 22.8 Å². The summed E-state index contributed by atoms with van der Waals surface area (Å²) in [5, 5.41) is 16.3. The predicted molar refractivity (Wildman–Crippen MR) is 116 cm³/mol. The summed E-state index contributed by atoms with van der Waals surface area (Å²) in [6, 6.07) is 15.6. The highest BCUT2D eigenvalue weighted by molar-refractivity contribution is 7.98. The minimum Gasteiger partial charge on any atom is -0.394 e. The van der Waals surface area contributed by atoms with E-state index in [9.17, 15) is 5.11 Å². The summed E-state index contributed by atoms with van der Waals surface area (Å²) in [4.78, 5) is 14.8. The van der Waals surface area contributed by atoms with Crippen molar-refractivity contribution in [3.05, 3.63) is 54.7 Å². The molecular formula is C21H25N5OS. The fourth-order valence-corrected chi connectivity index (χ4v) is 3.12. The highest BCUT2D eigenvalue weighted by atomic mass is 32.2. The number of aromatic nitrogens is 3. The quantitative estimate of drug-likeness (QED) is 0.487. The van der Waals surface area contributed by atoms with Gasteiger partial charge in [0.05, 0.1) is 24.0 Å². The number of rotatable bonds is 8. The topological polar surface area (TPSA) is 83.0 Å². The van der Waals surface area contributed by atoms with E-state index in [0.717, 1.165) is 11.4 Å². The van der Waals surface area contributed by atoms with Crippen molar-refractivity contribution >= 4 is 29.2 Å². The minimum absolute atomic E-state index is 0.00731. The average Bonchev–Trinajstić information content (AvgIpc) is 2.72. The van der Waals surface area contributed by atoms with Gasteiger partial charge in [-0.3, -0.25) is 4.98 Å². The summed E-state index contributed by atoms with van der Waals surface area (Å²) >= 11 is 1.69. The second kappa shape index (κ2) is 9.52. The smallest absolute Gasteiger partial charge is 0.225 e. The number of pyridine rings is 1. The molecule has 7 heteroatoms. The Hall–Kier alpha value is -2.64. The van der Waals surface area contributed by atoms with Crippen molar-refractivity contribution in [3.8, 4) is 11.4 Å². The SMILES string of the molecule is CSc1cccc(Nc2cc(-c3ccccn3)nc(N[C@@H](CO)C(C)C)n2)c1. The van der Waals surface area contributed by atoms with Gasteiger partial charge in [0.2, 0.25) is 5.95 Å². The molecule has 0 aliphatic heterocycles. The first-order valence-electron chi connectivity index (χ1n) is 9.18. The molecule has 0 spiro atoms. The fourth-order valence-electron chi connectivity index (χ4n) is 2.66. The largest absolute Gasteiger partial charge is 0.394 e. The van der Waals surface area contributed by atoms with Gasteiger partial charge >= 0.3 is 0 Å². The van der Waals surface area contributed by atoms with Crippen LogP contribution in [0.3, 0.4) is 0 Å². The number of anilines is 3. The predicted octanol–water partition coefficient (Wildman–Crippen LogP) is 4.43. The van der Waals surface area contributed by atoms with Gasteiger partial charge in [0.1, 0.15) is 5.82 Å². The Kier molecular flexibility index (Phi) is 6.84. The third-order valence-electron chi connectivity index (χ3n) is 4.31. The van der Waals surface area contributed by atoms with Gasteiger partial charge in [-0.2, -0.15) is 4.98 Å². The zero-order valence-electron chi connectivity index (χ0n) is 16.3. The van der Waals surface area contributed by atoms with E-state index in [2.05, 4.69) is 37.7 Å². The van der Waals surface area contributed by atoms with E-state index in [-0.39, 0.29) is 18.6 Å².